The van der Waals surface area contributed by atoms with Gasteiger partial charge >= 0.3 is 5.97 Å². The van der Waals surface area contributed by atoms with Crippen molar-refractivity contribution in [3.05, 3.63) is 78.4 Å². The zero-order valence-corrected chi connectivity index (χ0v) is 13.5. The predicted octanol–water partition coefficient (Wildman–Crippen LogP) is 4.10. The minimum atomic E-state index is -0.597. The zero-order chi connectivity index (χ0) is 16.8. The third-order valence-corrected chi connectivity index (χ3v) is 4.11. The predicted molar refractivity (Wildman–Crippen MR) is 96.9 cm³/mol. The van der Waals surface area contributed by atoms with Crippen LogP contribution >= 0.6 is 0 Å². The molecule has 0 aliphatic heterocycles. The number of rotatable bonds is 6. The van der Waals surface area contributed by atoms with Crippen LogP contribution in [0.15, 0.2) is 72.8 Å². The summed E-state index contributed by atoms with van der Waals surface area (Å²) in [7, 11) is 0. The SMILES string of the molecule is NC(CCCc1cccc2ccccc12)C(=O)Oc1ccccc1. The van der Waals surface area contributed by atoms with Crippen molar-refractivity contribution < 1.29 is 9.53 Å². The van der Waals surface area contributed by atoms with E-state index in [9.17, 15) is 4.79 Å². The monoisotopic (exact) mass is 319 g/mol. The maximum absolute atomic E-state index is 12.0. The van der Waals surface area contributed by atoms with Crippen molar-refractivity contribution in [2.24, 2.45) is 5.73 Å². The van der Waals surface area contributed by atoms with Crippen molar-refractivity contribution in [2.75, 3.05) is 0 Å². The Balaban J connectivity index is 1.54. The van der Waals surface area contributed by atoms with Crippen molar-refractivity contribution in [3.8, 4) is 5.75 Å². The first-order valence-electron chi connectivity index (χ1n) is 8.23. The highest BCUT2D eigenvalue weighted by Crippen LogP contribution is 2.20. The number of hydrogen-bond acceptors (Lipinski definition) is 3. The molecule has 2 N–H and O–H groups in total. The van der Waals surface area contributed by atoms with E-state index in [4.69, 9.17) is 10.5 Å². The van der Waals surface area contributed by atoms with Gasteiger partial charge in [-0.25, -0.2) is 4.79 Å². The molecule has 0 aromatic heterocycles. The Labute approximate surface area is 142 Å². The van der Waals surface area contributed by atoms with E-state index in [2.05, 4.69) is 36.4 Å². The molecule has 1 atom stereocenters. The Kier molecular flexibility index (Phi) is 5.24. The maximum atomic E-state index is 12.0. The number of carbonyl (C=O) groups is 1. The molecule has 0 aliphatic carbocycles. The lowest BCUT2D eigenvalue weighted by molar-refractivity contribution is -0.136. The molecule has 0 bridgehead atoms. The van der Waals surface area contributed by atoms with Gasteiger partial charge in [0.1, 0.15) is 11.8 Å². The Bertz CT molecular complexity index is 809. The van der Waals surface area contributed by atoms with Gasteiger partial charge in [-0.3, -0.25) is 0 Å². The summed E-state index contributed by atoms with van der Waals surface area (Å²) in [5, 5.41) is 2.50. The van der Waals surface area contributed by atoms with E-state index in [-0.39, 0.29) is 5.97 Å². The molecular formula is C21H21NO2. The van der Waals surface area contributed by atoms with Crippen molar-refractivity contribution >= 4 is 16.7 Å². The molecule has 3 aromatic rings. The zero-order valence-electron chi connectivity index (χ0n) is 13.5. The van der Waals surface area contributed by atoms with Gasteiger partial charge in [-0.2, -0.15) is 0 Å². The molecule has 0 amide bonds. The van der Waals surface area contributed by atoms with Gasteiger partial charge in [-0.15, -0.1) is 0 Å². The standard InChI is InChI=1S/C21H21NO2/c22-20(21(23)24-18-12-2-1-3-13-18)15-7-11-17-10-6-9-16-8-4-5-14-19(16)17/h1-6,8-10,12-14,20H,7,11,15,22H2. The number of carbonyl (C=O) groups excluding carboxylic acids is 1. The summed E-state index contributed by atoms with van der Waals surface area (Å²) in [5.41, 5.74) is 7.26. The molecule has 0 radical (unpaired) electrons. The van der Waals surface area contributed by atoms with Crippen LogP contribution in [0.25, 0.3) is 10.8 Å². The molecule has 122 valence electrons. The summed E-state index contributed by atoms with van der Waals surface area (Å²) in [5.74, 6) is 0.158. The van der Waals surface area contributed by atoms with Gasteiger partial charge in [0.05, 0.1) is 0 Å². The Morgan fingerprint density at radius 1 is 0.917 bits per heavy atom. The van der Waals surface area contributed by atoms with E-state index in [1.807, 2.05) is 24.3 Å². The summed E-state index contributed by atoms with van der Waals surface area (Å²) < 4.78 is 5.29. The largest absolute Gasteiger partial charge is 0.425 e. The molecule has 0 saturated heterocycles. The van der Waals surface area contributed by atoms with Crippen LogP contribution in [0.2, 0.25) is 0 Å². The second-order valence-corrected chi connectivity index (χ2v) is 5.87. The summed E-state index contributed by atoms with van der Waals surface area (Å²) in [4.78, 5) is 12.0. The van der Waals surface area contributed by atoms with Crippen molar-refractivity contribution in [1.82, 2.24) is 0 Å². The number of hydrogen-bond donors (Lipinski definition) is 1. The molecule has 3 heteroatoms. The molecule has 0 fully saturated rings. The molecular weight excluding hydrogens is 298 g/mol. The van der Waals surface area contributed by atoms with E-state index in [1.165, 1.54) is 16.3 Å². The molecule has 3 aromatic carbocycles. The van der Waals surface area contributed by atoms with Crippen LogP contribution < -0.4 is 10.5 Å². The average molecular weight is 319 g/mol. The van der Waals surface area contributed by atoms with Crippen LogP contribution in [0.5, 0.6) is 5.75 Å². The highest BCUT2D eigenvalue weighted by atomic mass is 16.5. The van der Waals surface area contributed by atoms with Gasteiger partial charge < -0.3 is 10.5 Å². The van der Waals surface area contributed by atoms with Crippen molar-refractivity contribution in [1.29, 1.82) is 0 Å². The molecule has 0 heterocycles. The lowest BCUT2D eigenvalue weighted by atomic mass is 9.99. The van der Waals surface area contributed by atoms with Gasteiger partial charge in [-0.05, 0) is 47.7 Å². The minimum Gasteiger partial charge on any atom is -0.425 e. The summed E-state index contributed by atoms with van der Waals surface area (Å²) in [6, 6.07) is 23.1. The average Bonchev–Trinajstić information content (AvgIpc) is 2.62. The fourth-order valence-electron chi connectivity index (χ4n) is 2.82. The van der Waals surface area contributed by atoms with Gasteiger partial charge in [-0.1, -0.05) is 60.7 Å². The van der Waals surface area contributed by atoms with Gasteiger partial charge in [0.2, 0.25) is 0 Å². The summed E-state index contributed by atoms with van der Waals surface area (Å²) in [6.45, 7) is 0. The van der Waals surface area contributed by atoms with Crippen LogP contribution in [0.4, 0.5) is 0 Å². The first-order valence-corrected chi connectivity index (χ1v) is 8.23. The topological polar surface area (TPSA) is 52.3 Å². The Morgan fingerprint density at radius 2 is 1.62 bits per heavy atom. The van der Waals surface area contributed by atoms with E-state index in [0.29, 0.717) is 12.2 Å². The smallest absolute Gasteiger partial charge is 0.328 e. The van der Waals surface area contributed by atoms with Gasteiger partial charge in [0.25, 0.3) is 0 Å². The molecule has 0 saturated carbocycles. The quantitative estimate of drug-likeness (QED) is 0.550. The molecule has 24 heavy (non-hydrogen) atoms. The number of fused-ring (bicyclic) bond motifs is 1. The molecule has 3 rings (SSSR count). The number of nitrogens with two attached hydrogens (primary N) is 1. The maximum Gasteiger partial charge on any atom is 0.328 e. The molecule has 1 unspecified atom stereocenters. The van der Waals surface area contributed by atoms with E-state index in [0.717, 1.165) is 12.8 Å². The fraction of sp³-hybridized carbons (Fsp3) is 0.190. The van der Waals surface area contributed by atoms with E-state index >= 15 is 0 Å². The Morgan fingerprint density at radius 3 is 2.46 bits per heavy atom. The van der Waals surface area contributed by atoms with Crippen LogP contribution in [0.3, 0.4) is 0 Å². The van der Waals surface area contributed by atoms with Crippen molar-refractivity contribution in [3.63, 3.8) is 0 Å². The third-order valence-electron chi connectivity index (χ3n) is 4.11. The highest BCUT2D eigenvalue weighted by molar-refractivity contribution is 5.85. The second-order valence-electron chi connectivity index (χ2n) is 5.87. The second kappa shape index (κ2) is 7.75. The van der Waals surface area contributed by atoms with Gasteiger partial charge in [0, 0.05) is 0 Å². The lowest BCUT2D eigenvalue weighted by Crippen LogP contribution is -2.34. The van der Waals surface area contributed by atoms with Crippen LogP contribution in [0.1, 0.15) is 18.4 Å². The van der Waals surface area contributed by atoms with Crippen molar-refractivity contribution in [2.45, 2.75) is 25.3 Å². The number of para-hydroxylation sites is 1. The Hall–Kier alpha value is -2.65. The number of benzene rings is 3. The first-order chi connectivity index (χ1) is 11.7. The lowest BCUT2D eigenvalue weighted by Gasteiger charge is -2.12. The van der Waals surface area contributed by atoms with Crippen LogP contribution in [-0.4, -0.2) is 12.0 Å². The highest BCUT2D eigenvalue weighted by Gasteiger charge is 2.15. The molecule has 0 aliphatic rings. The normalized spacial score (nSPS) is 12.0. The summed E-state index contributed by atoms with van der Waals surface area (Å²) >= 11 is 0. The number of esters is 1. The van der Waals surface area contributed by atoms with E-state index in [1.54, 1.807) is 12.1 Å². The van der Waals surface area contributed by atoms with Crippen LogP contribution in [0, 0.1) is 0 Å². The number of aryl methyl sites for hydroxylation is 1. The van der Waals surface area contributed by atoms with Gasteiger partial charge in [0.15, 0.2) is 0 Å². The third kappa shape index (κ3) is 4.00. The first kappa shape index (κ1) is 16.2. The minimum absolute atomic E-state index is 0.376. The van der Waals surface area contributed by atoms with Crippen LogP contribution in [-0.2, 0) is 11.2 Å². The molecule has 3 nitrogen and oxygen atoms in total. The fourth-order valence-corrected chi connectivity index (χ4v) is 2.82. The number of ether oxygens (including phenoxy) is 1. The molecule has 0 spiro atoms. The van der Waals surface area contributed by atoms with E-state index < -0.39 is 6.04 Å². The summed E-state index contributed by atoms with van der Waals surface area (Å²) in [6.07, 6.45) is 2.35.